The van der Waals surface area contributed by atoms with E-state index in [-0.39, 0.29) is 11.3 Å². The van der Waals surface area contributed by atoms with Crippen LogP contribution in [0.2, 0.25) is 0 Å². The molecule has 35 heavy (non-hydrogen) atoms. The molecule has 0 aromatic heterocycles. The molecule has 0 aliphatic rings. The van der Waals surface area contributed by atoms with Crippen molar-refractivity contribution < 1.29 is 8.42 Å². The molecular weight excluding hydrogens is 448 g/mol. The monoisotopic (exact) mass is 482 g/mol. The summed E-state index contributed by atoms with van der Waals surface area (Å²) >= 11 is 0. The van der Waals surface area contributed by atoms with Crippen molar-refractivity contribution in [2.45, 2.75) is 49.7 Å². The van der Waals surface area contributed by atoms with Gasteiger partial charge in [0.2, 0.25) is 0 Å². The predicted molar refractivity (Wildman–Crippen MR) is 145 cm³/mol. The molecule has 0 unspecified atom stereocenters. The van der Waals surface area contributed by atoms with Crippen molar-refractivity contribution >= 4 is 9.84 Å². The molecule has 3 heteroatoms. The minimum Gasteiger partial charge on any atom is -0.223 e. The molecule has 0 amide bonds. The van der Waals surface area contributed by atoms with Crippen molar-refractivity contribution in [2.75, 3.05) is 0 Å². The molecule has 0 spiro atoms. The fourth-order valence-electron chi connectivity index (χ4n) is 5.20. The van der Waals surface area contributed by atoms with Crippen LogP contribution in [0.5, 0.6) is 0 Å². The zero-order valence-electron chi connectivity index (χ0n) is 21.2. The average molecular weight is 483 g/mol. The minimum atomic E-state index is -3.58. The van der Waals surface area contributed by atoms with Gasteiger partial charge in [-0.25, -0.2) is 8.42 Å². The first kappa shape index (κ1) is 24.9. The zero-order valence-corrected chi connectivity index (χ0v) is 22.0. The second kappa shape index (κ2) is 9.47. The van der Waals surface area contributed by atoms with Gasteiger partial charge in [0.25, 0.3) is 0 Å². The van der Waals surface area contributed by atoms with Crippen molar-refractivity contribution in [3.63, 3.8) is 0 Å². The summed E-state index contributed by atoms with van der Waals surface area (Å²) in [5, 5.41) is 0. The summed E-state index contributed by atoms with van der Waals surface area (Å²) < 4.78 is 26.1. The van der Waals surface area contributed by atoms with Crippen LogP contribution in [-0.2, 0) is 20.0 Å². The Morgan fingerprint density at radius 3 is 1.40 bits per heavy atom. The maximum atomic E-state index is 13.6. The fourth-order valence-corrected chi connectivity index (χ4v) is 6.73. The normalized spacial score (nSPS) is 12.6. The van der Waals surface area contributed by atoms with E-state index in [1.54, 1.807) is 26.0 Å². The van der Waals surface area contributed by atoms with Crippen molar-refractivity contribution in [2.24, 2.45) is 5.92 Å². The van der Waals surface area contributed by atoms with E-state index in [4.69, 9.17) is 0 Å². The predicted octanol–water partition coefficient (Wildman–Crippen LogP) is 7.69. The summed E-state index contributed by atoms with van der Waals surface area (Å²) in [5.41, 5.74) is 5.05. The Labute approximate surface area is 210 Å². The highest BCUT2D eigenvalue weighted by molar-refractivity contribution is 7.92. The average Bonchev–Trinajstić information content (AvgIpc) is 2.86. The first-order valence-corrected chi connectivity index (χ1v) is 13.6. The zero-order chi connectivity index (χ0) is 25.3. The third kappa shape index (κ3) is 4.23. The van der Waals surface area contributed by atoms with E-state index in [2.05, 4.69) is 74.5 Å². The topological polar surface area (TPSA) is 34.1 Å². The van der Waals surface area contributed by atoms with Crippen LogP contribution in [0, 0.1) is 12.8 Å². The van der Waals surface area contributed by atoms with Gasteiger partial charge in [-0.1, -0.05) is 116 Å². The molecule has 0 N–H and O–H groups in total. The van der Waals surface area contributed by atoms with Gasteiger partial charge in [0.15, 0.2) is 9.84 Å². The number of sulfone groups is 1. The number of benzene rings is 4. The summed E-state index contributed by atoms with van der Waals surface area (Å²) in [4.78, 5) is 0.349. The van der Waals surface area contributed by atoms with Crippen LogP contribution in [0.25, 0.3) is 0 Å². The van der Waals surface area contributed by atoms with Crippen molar-refractivity contribution in [1.82, 2.24) is 0 Å². The summed E-state index contributed by atoms with van der Waals surface area (Å²) in [6.45, 7) is 10.0. The lowest BCUT2D eigenvalue weighted by atomic mass is 9.63. The quantitative estimate of drug-likeness (QED) is 0.253. The van der Waals surface area contributed by atoms with Crippen LogP contribution in [-0.4, -0.2) is 8.42 Å². The Bertz CT molecular complexity index is 1330. The first-order valence-electron chi connectivity index (χ1n) is 12.1. The standard InChI is InChI=1S/C32H34O2S/c1-24(2)32(27-12-8-6-9-13-27,28-14-10-7-11-15-28)29-20-18-26(19-21-29)31(4,5)35(33,34)30-22-16-25(3)17-23-30/h6-24H,1-5H3. The van der Waals surface area contributed by atoms with Gasteiger partial charge in [-0.2, -0.15) is 0 Å². The van der Waals surface area contributed by atoms with Gasteiger partial charge in [-0.15, -0.1) is 0 Å². The fraction of sp³-hybridized carbons (Fsp3) is 0.250. The molecule has 0 radical (unpaired) electrons. The second-order valence-corrected chi connectivity index (χ2v) is 12.6. The first-order chi connectivity index (χ1) is 16.6. The van der Waals surface area contributed by atoms with Gasteiger partial charge >= 0.3 is 0 Å². The lowest BCUT2D eigenvalue weighted by molar-refractivity contribution is 0.437. The second-order valence-electron chi connectivity index (χ2n) is 10.1. The lowest BCUT2D eigenvalue weighted by Crippen LogP contribution is -2.35. The van der Waals surface area contributed by atoms with Crippen molar-refractivity contribution in [3.8, 4) is 0 Å². The number of hydrogen-bond donors (Lipinski definition) is 0. The maximum absolute atomic E-state index is 13.6. The van der Waals surface area contributed by atoms with Crippen LogP contribution in [0.15, 0.2) is 114 Å². The van der Waals surface area contributed by atoms with Gasteiger partial charge in [-0.05, 0) is 61.1 Å². The van der Waals surface area contributed by atoms with E-state index in [1.165, 1.54) is 11.1 Å². The van der Waals surface area contributed by atoms with Gasteiger partial charge in [0.1, 0.15) is 0 Å². The van der Waals surface area contributed by atoms with Crippen LogP contribution in [0.3, 0.4) is 0 Å². The highest BCUT2D eigenvalue weighted by atomic mass is 32.2. The molecular formula is C32H34O2S. The largest absolute Gasteiger partial charge is 0.223 e. The summed E-state index contributed by atoms with van der Waals surface area (Å²) in [6, 6.07) is 36.5. The van der Waals surface area contributed by atoms with Gasteiger partial charge in [0, 0.05) is 5.41 Å². The van der Waals surface area contributed by atoms with Gasteiger partial charge in [0.05, 0.1) is 9.64 Å². The van der Waals surface area contributed by atoms with Gasteiger partial charge in [-0.3, -0.25) is 0 Å². The van der Waals surface area contributed by atoms with E-state index in [0.29, 0.717) is 4.90 Å². The smallest absolute Gasteiger partial charge is 0.187 e. The molecule has 0 aliphatic carbocycles. The third-order valence-corrected chi connectivity index (χ3v) is 9.83. The SMILES string of the molecule is Cc1ccc(S(=O)(=O)C(C)(C)c2ccc(C(c3ccccc3)(c3ccccc3)C(C)C)cc2)cc1. The van der Waals surface area contributed by atoms with Crippen molar-refractivity contribution in [3.05, 3.63) is 137 Å². The van der Waals surface area contributed by atoms with Crippen LogP contribution >= 0.6 is 0 Å². The molecule has 0 heterocycles. The third-order valence-electron chi connectivity index (χ3n) is 7.36. The van der Waals surface area contributed by atoms with Crippen LogP contribution < -0.4 is 0 Å². The molecule has 2 nitrogen and oxygen atoms in total. The Morgan fingerprint density at radius 1 is 0.571 bits per heavy atom. The van der Waals surface area contributed by atoms with E-state index in [1.807, 2.05) is 43.3 Å². The number of hydrogen-bond acceptors (Lipinski definition) is 2. The molecule has 4 aromatic carbocycles. The summed E-state index contributed by atoms with van der Waals surface area (Å²) in [6.07, 6.45) is 0. The van der Waals surface area contributed by atoms with E-state index in [9.17, 15) is 8.42 Å². The Balaban J connectivity index is 1.85. The summed E-state index contributed by atoms with van der Waals surface area (Å²) in [5.74, 6) is 0.266. The highest BCUT2D eigenvalue weighted by Crippen LogP contribution is 2.46. The molecule has 180 valence electrons. The minimum absolute atomic E-state index is 0.266. The number of aryl methyl sites for hydroxylation is 1. The van der Waals surface area contributed by atoms with E-state index >= 15 is 0 Å². The Kier molecular flexibility index (Phi) is 6.75. The Morgan fingerprint density at radius 2 is 0.971 bits per heavy atom. The number of rotatable bonds is 7. The molecule has 4 aromatic rings. The lowest BCUT2D eigenvalue weighted by Gasteiger charge is -2.40. The molecule has 0 aliphatic heterocycles. The molecule has 4 rings (SSSR count). The highest BCUT2D eigenvalue weighted by Gasteiger charge is 2.41. The summed E-state index contributed by atoms with van der Waals surface area (Å²) in [7, 11) is -3.58. The molecule has 0 fully saturated rings. The molecule has 0 atom stereocenters. The molecule has 0 bridgehead atoms. The van der Waals surface area contributed by atoms with E-state index < -0.39 is 14.6 Å². The molecule has 0 saturated carbocycles. The van der Waals surface area contributed by atoms with Crippen molar-refractivity contribution in [1.29, 1.82) is 0 Å². The van der Waals surface area contributed by atoms with E-state index in [0.717, 1.165) is 16.7 Å². The van der Waals surface area contributed by atoms with Crippen LogP contribution in [0.1, 0.15) is 55.5 Å². The van der Waals surface area contributed by atoms with Gasteiger partial charge < -0.3 is 0 Å². The van der Waals surface area contributed by atoms with Crippen LogP contribution in [0.4, 0.5) is 0 Å². The Hall–Kier alpha value is -3.17. The molecule has 0 saturated heterocycles. The maximum Gasteiger partial charge on any atom is 0.187 e.